The quantitative estimate of drug-likeness (QED) is 0.428. The lowest BCUT2D eigenvalue weighted by atomic mass is 10.2. The van der Waals surface area contributed by atoms with Crippen molar-refractivity contribution in [2.45, 2.75) is 6.54 Å². The van der Waals surface area contributed by atoms with Crippen molar-refractivity contribution in [3.63, 3.8) is 0 Å². The maximum Gasteiger partial charge on any atom is 0.265 e. The predicted octanol–water partition coefficient (Wildman–Crippen LogP) is 3.11. The molecule has 0 aliphatic carbocycles. The molecule has 0 fully saturated rings. The number of carbonyl (C=O) groups is 1. The number of amides is 1. The minimum Gasteiger partial charge on any atom is -0.486 e. The molecule has 32 heavy (non-hydrogen) atoms. The summed E-state index contributed by atoms with van der Waals surface area (Å²) < 4.78 is 18.6. The van der Waals surface area contributed by atoms with Gasteiger partial charge in [-0.1, -0.05) is 6.07 Å². The molecule has 0 atom stereocenters. The largest absolute Gasteiger partial charge is 0.486 e. The van der Waals surface area contributed by atoms with E-state index in [2.05, 4.69) is 15.5 Å². The van der Waals surface area contributed by atoms with Crippen molar-refractivity contribution in [1.29, 1.82) is 0 Å². The molecule has 2 aromatic carbocycles. The van der Waals surface area contributed by atoms with Crippen LogP contribution in [0.4, 0.5) is 5.69 Å². The van der Waals surface area contributed by atoms with Crippen molar-refractivity contribution >= 4 is 22.9 Å². The van der Waals surface area contributed by atoms with E-state index in [0.29, 0.717) is 37.0 Å². The molecular formula is C22H19N5O4S. The van der Waals surface area contributed by atoms with Crippen LogP contribution in [0.15, 0.2) is 66.3 Å². The Morgan fingerprint density at radius 2 is 1.94 bits per heavy atom. The Labute approximate surface area is 187 Å². The SMILES string of the molecule is O=C(COc1ccc(-n2cnnn2)cc1)N(Cc1cccs1)c1ccc2c(c1)OCCO2. The van der Waals surface area contributed by atoms with Crippen LogP contribution in [0.3, 0.4) is 0 Å². The van der Waals surface area contributed by atoms with Crippen LogP contribution < -0.4 is 19.1 Å². The van der Waals surface area contributed by atoms with Gasteiger partial charge in [-0.3, -0.25) is 4.79 Å². The summed E-state index contributed by atoms with van der Waals surface area (Å²) in [5.41, 5.74) is 1.52. The first-order valence-electron chi connectivity index (χ1n) is 9.95. The standard InChI is InChI=1S/C22H19N5O4S/c28-22(14-31-18-6-3-16(4-7-18)27-15-23-24-25-27)26(13-19-2-1-11-32-19)17-5-8-20-21(12-17)30-10-9-29-20/h1-8,11-12,15H,9-10,13-14H2. The molecule has 162 valence electrons. The molecular weight excluding hydrogens is 430 g/mol. The van der Waals surface area contributed by atoms with Gasteiger partial charge in [-0.25, -0.2) is 4.68 Å². The minimum absolute atomic E-state index is 0.107. The van der Waals surface area contributed by atoms with Crippen LogP contribution in [0, 0.1) is 0 Å². The summed E-state index contributed by atoms with van der Waals surface area (Å²) in [5, 5.41) is 13.1. The second-order valence-electron chi connectivity index (χ2n) is 6.92. The number of rotatable bonds is 7. The van der Waals surface area contributed by atoms with E-state index in [9.17, 15) is 4.79 Å². The summed E-state index contributed by atoms with van der Waals surface area (Å²) in [6.45, 7) is 1.34. The van der Waals surface area contributed by atoms with Gasteiger partial charge in [-0.05, 0) is 58.3 Å². The highest BCUT2D eigenvalue weighted by Crippen LogP contribution is 2.34. The Morgan fingerprint density at radius 3 is 2.69 bits per heavy atom. The molecule has 0 N–H and O–H groups in total. The summed E-state index contributed by atoms with van der Waals surface area (Å²) in [6, 6.07) is 16.7. The van der Waals surface area contributed by atoms with E-state index in [4.69, 9.17) is 14.2 Å². The van der Waals surface area contributed by atoms with Crippen molar-refractivity contribution < 1.29 is 19.0 Å². The molecule has 1 aliphatic rings. The number of aromatic nitrogens is 4. The molecule has 2 aromatic heterocycles. The van der Waals surface area contributed by atoms with Gasteiger partial charge in [0.05, 0.1) is 12.2 Å². The summed E-state index contributed by atoms with van der Waals surface area (Å²) in [5.74, 6) is 1.73. The molecule has 1 aliphatic heterocycles. The Hall–Kier alpha value is -3.92. The maximum absolute atomic E-state index is 13.2. The van der Waals surface area contributed by atoms with Gasteiger partial charge in [0.1, 0.15) is 25.3 Å². The van der Waals surface area contributed by atoms with E-state index in [1.165, 1.54) is 6.33 Å². The number of carbonyl (C=O) groups excluding carboxylic acids is 1. The molecule has 4 aromatic rings. The number of hydrogen-bond donors (Lipinski definition) is 0. The van der Waals surface area contributed by atoms with Gasteiger partial charge < -0.3 is 19.1 Å². The molecule has 0 saturated heterocycles. The third-order valence-corrected chi connectivity index (χ3v) is 5.71. The number of ether oxygens (including phenoxy) is 3. The van der Waals surface area contributed by atoms with E-state index in [1.54, 1.807) is 33.1 Å². The molecule has 3 heterocycles. The lowest BCUT2D eigenvalue weighted by molar-refractivity contribution is -0.120. The fourth-order valence-corrected chi connectivity index (χ4v) is 3.97. The summed E-state index contributed by atoms with van der Waals surface area (Å²) in [7, 11) is 0. The number of thiophene rings is 1. The van der Waals surface area contributed by atoms with Crippen LogP contribution in [-0.4, -0.2) is 45.9 Å². The number of nitrogens with zero attached hydrogens (tertiary/aromatic N) is 5. The topological polar surface area (TPSA) is 91.6 Å². The number of fused-ring (bicyclic) bond motifs is 1. The molecule has 0 bridgehead atoms. The smallest absolute Gasteiger partial charge is 0.265 e. The average Bonchev–Trinajstić information content (AvgIpc) is 3.56. The Balaban J connectivity index is 1.31. The van der Waals surface area contributed by atoms with Gasteiger partial charge in [0.2, 0.25) is 0 Å². The number of tetrazole rings is 1. The summed E-state index contributed by atoms with van der Waals surface area (Å²) in [6.07, 6.45) is 1.51. The van der Waals surface area contributed by atoms with Gasteiger partial charge >= 0.3 is 0 Å². The number of benzene rings is 2. The zero-order chi connectivity index (χ0) is 21.8. The highest BCUT2D eigenvalue weighted by Gasteiger charge is 2.21. The molecule has 5 rings (SSSR count). The first-order valence-corrected chi connectivity index (χ1v) is 10.8. The Bertz CT molecular complexity index is 1180. The Kier molecular flexibility index (Phi) is 5.67. The van der Waals surface area contributed by atoms with Crippen LogP contribution in [0.1, 0.15) is 4.88 Å². The van der Waals surface area contributed by atoms with E-state index < -0.39 is 0 Å². The normalized spacial score (nSPS) is 12.4. The molecule has 0 radical (unpaired) electrons. The molecule has 1 amide bonds. The van der Waals surface area contributed by atoms with E-state index in [0.717, 1.165) is 16.3 Å². The first kappa shape index (κ1) is 20.0. The molecule has 0 saturated carbocycles. The van der Waals surface area contributed by atoms with Gasteiger partial charge in [0.25, 0.3) is 5.91 Å². The Morgan fingerprint density at radius 1 is 1.09 bits per heavy atom. The van der Waals surface area contributed by atoms with Crippen LogP contribution in [0.5, 0.6) is 17.2 Å². The fourth-order valence-electron chi connectivity index (χ4n) is 3.28. The van der Waals surface area contributed by atoms with E-state index in [-0.39, 0.29) is 12.5 Å². The first-order chi connectivity index (χ1) is 15.8. The maximum atomic E-state index is 13.2. The molecule has 0 spiro atoms. The minimum atomic E-state index is -0.167. The van der Waals surface area contributed by atoms with Crippen LogP contribution in [0.25, 0.3) is 5.69 Å². The van der Waals surface area contributed by atoms with Crippen molar-refractivity contribution in [1.82, 2.24) is 20.2 Å². The fraction of sp³-hybridized carbons (Fsp3) is 0.182. The van der Waals surface area contributed by atoms with Crippen LogP contribution >= 0.6 is 11.3 Å². The summed E-state index contributed by atoms with van der Waals surface area (Å²) in [4.78, 5) is 15.9. The van der Waals surface area contributed by atoms with Gasteiger partial charge in [-0.2, -0.15) is 0 Å². The monoisotopic (exact) mass is 449 g/mol. The van der Waals surface area contributed by atoms with E-state index in [1.807, 2.05) is 47.8 Å². The van der Waals surface area contributed by atoms with Crippen molar-refractivity contribution in [2.75, 3.05) is 24.7 Å². The summed E-state index contributed by atoms with van der Waals surface area (Å²) >= 11 is 1.60. The van der Waals surface area contributed by atoms with Crippen LogP contribution in [-0.2, 0) is 11.3 Å². The molecule has 10 heteroatoms. The second-order valence-corrected chi connectivity index (χ2v) is 7.96. The van der Waals surface area contributed by atoms with Crippen molar-refractivity contribution in [3.05, 3.63) is 71.2 Å². The molecule has 9 nitrogen and oxygen atoms in total. The number of anilines is 1. The zero-order valence-electron chi connectivity index (χ0n) is 17.0. The van der Waals surface area contributed by atoms with Crippen LogP contribution in [0.2, 0.25) is 0 Å². The van der Waals surface area contributed by atoms with Gasteiger partial charge in [-0.15, -0.1) is 16.4 Å². The highest BCUT2D eigenvalue weighted by molar-refractivity contribution is 7.09. The second kappa shape index (κ2) is 9.06. The lowest BCUT2D eigenvalue weighted by Crippen LogP contribution is -2.34. The zero-order valence-corrected chi connectivity index (χ0v) is 17.8. The number of hydrogen-bond acceptors (Lipinski definition) is 8. The highest BCUT2D eigenvalue weighted by atomic mass is 32.1. The van der Waals surface area contributed by atoms with Crippen molar-refractivity contribution in [2.24, 2.45) is 0 Å². The van der Waals surface area contributed by atoms with Crippen molar-refractivity contribution in [3.8, 4) is 22.9 Å². The lowest BCUT2D eigenvalue weighted by Gasteiger charge is -2.25. The molecule has 0 unspecified atom stereocenters. The van der Waals surface area contributed by atoms with Gasteiger partial charge in [0.15, 0.2) is 18.1 Å². The third kappa shape index (κ3) is 4.40. The predicted molar refractivity (Wildman–Crippen MR) is 118 cm³/mol. The average molecular weight is 449 g/mol. The third-order valence-electron chi connectivity index (χ3n) is 4.85. The van der Waals surface area contributed by atoms with E-state index >= 15 is 0 Å². The van der Waals surface area contributed by atoms with Gasteiger partial charge in [0, 0.05) is 16.6 Å².